The lowest BCUT2D eigenvalue weighted by molar-refractivity contribution is 0.102. The van der Waals surface area contributed by atoms with Crippen LogP contribution in [0.1, 0.15) is 36.0 Å². The third kappa shape index (κ3) is 5.62. The summed E-state index contributed by atoms with van der Waals surface area (Å²) in [5.41, 5.74) is 6.21. The van der Waals surface area contributed by atoms with Crippen molar-refractivity contribution in [3.05, 3.63) is 65.2 Å². The summed E-state index contributed by atoms with van der Waals surface area (Å²) in [6.45, 7) is 1.22. The molecule has 5 nitrogen and oxygen atoms in total. The van der Waals surface area contributed by atoms with E-state index in [9.17, 15) is 9.90 Å². The van der Waals surface area contributed by atoms with Gasteiger partial charge in [-0.2, -0.15) is 0 Å². The molecule has 3 rings (SSSR count). The van der Waals surface area contributed by atoms with Gasteiger partial charge >= 0.3 is 0 Å². The van der Waals surface area contributed by atoms with Gasteiger partial charge in [0, 0.05) is 11.1 Å². The number of unbranched alkanes of at least 4 members (excludes halogenated alkanes) is 3. The quantitative estimate of drug-likeness (QED) is 0.413. The van der Waals surface area contributed by atoms with E-state index in [1.807, 2.05) is 24.3 Å². The number of halogens is 1. The van der Waals surface area contributed by atoms with E-state index in [0.29, 0.717) is 29.6 Å². The Morgan fingerprint density at radius 3 is 2.48 bits per heavy atom. The van der Waals surface area contributed by atoms with Crippen LogP contribution < -0.4 is 15.8 Å². The maximum atomic E-state index is 12.8. The van der Waals surface area contributed by atoms with E-state index < -0.39 is 5.91 Å². The molecule has 1 amide bonds. The molecule has 0 unspecified atom stereocenters. The molecule has 29 heavy (non-hydrogen) atoms. The number of ether oxygens (including phenoxy) is 1. The summed E-state index contributed by atoms with van der Waals surface area (Å²) < 4.78 is 5.84. The summed E-state index contributed by atoms with van der Waals surface area (Å²) >= 11 is 6.10. The van der Waals surface area contributed by atoms with E-state index in [1.165, 1.54) is 0 Å². The molecule has 0 aliphatic rings. The number of nitrogens with two attached hydrogens (primary N) is 1. The zero-order valence-corrected chi connectivity index (χ0v) is 16.9. The predicted octanol–water partition coefficient (Wildman–Crippen LogP) is 5.35. The van der Waals surface area contributed by atoms with Crippen molar-refractivity contribution in [2.45, 2.75) is 25.7 Å². The summed E-state index contributed by atoms with van der Waals surface area (Å²) in [7, 11) is 0. The lowest BCUT2D eigenvalue weighted by Gasteiger charge is -2.14. The number of rotatable bonds is 9. The molecule has 152 valence electrons. The average Bonchev–Trinajstić information content (AvgIpc) is 2.71. The lowest BCUT2D eigenvalue weighted by Crippen LogP contribution is -2.13. The van der Waals surface area contributed by atoms with Crippen LogP contribution in [0.4, 0.5) is 5.69 Å². The summed E-state index contributed by atoms with van der Waals surface area (Å²) in [6, 6.07) is 15.9. The van der Waals surface area contributed by atoms with Gasteiger partial charge in [0.1, 0.15) is 11.5 Å². The zero-order valence-electron chi connectivity index (χ0n) is 16.2. The van der Waals surface area contributed by atoms with Crippen LogP contribution in [0, 0.1) is 0 Å². The lowest BCUT2D eigenvalue weighted by atomic mass is 10.1. The van der Waals surface area contributed by atoms with Gasteiger partial charge in [0.2, 0.25) is 0 Å². The van der Waals surface area contributed by atoms with Crippen molar-refractivity contribution in [1.82, 2.24) is 0 Å². The highest BCUT2D eigenvalue weighted by Gasteiger charge is 2.15. The second kappa shape index (κ2) is 10.1. The summed E-state index contributed by atoms with van der Waals surface area (Å²) in [5, 5.41) is 15.4. The molecule has 0 aliphatic carbocycles. The Morgan fingerprint density at radius 1 is 1.00 bits per heavy atom. The maximum Gasteiger partial charge on any atom is 0.259 e. The molecular weight excluding hydrogens is 388 g/mol. The Morgan fingerprint density at radius 2 is 1.72 bits per heavy atom. The minimum Gasteiger partial charge on any atom is -0.507 e. The number of hydrogen-bond acceptors (Lipinski definition) is 4. The monoisotopic (exact) mass is 412 g/mol. The maximum absolute atomic E-state index is 12.8. The standard InChI is InChI=1S/C23H25ClN2O3/c24-18-9-10-20(22(15-18)29-12-6-2-1-5-11-25)26-23(28)19-13-16-7-3-4-8-17(16)14-21(19)27/h3-4,7-10,13-15,27H,1-2,5-6,11-12,25H2,(H,26,28). The van der Waals surface area contributed by atoms with Crippen LogP contribution in [0.25, 0.3) is 10.8 Å². The smallest absolute Gasteiger partial charge is 0.259 e. The van der Waals surface area contributed by atoms with Crippen LogP contribution in [0.5, 0.6) is 11.5 Å². The van der Waals surface area contributed by atoms with Crippen LogP contribution in [-0.2, 0) is 0 Å². The largest absolute Gasteiger partial charge is 0.507 e. The Labute approximate surface area is 175 Å². The number of carbonyl (C=O) groups excluding carboxylic acids is 1. The number of hydrogen-bond donors (Lipinski definition) is 3. The van der Waals surface area contributed by atoms with E-state index in [0.717, 1.165) is 36.5 Å². The van der Waals surface area contributed by atoms with Crippen molar-refractivity contribution in [1.29, 1.82) is 0 Å². The predicted molar refractivity (Wildman–Crippen MR) is 118 cm³/mol. The first kappa shape index (κ1) is 21.0. The van der Waals surface area contributed by atoms with Crippen molar-refractivity contribution in [2.75, 3.05) is 18.5 Å². The molecule has 0 aliphatic heterocycles. The minimum absolute atomic E-state index is 0.0717. The fraction of sp³-hybridized carbons (Fsp3) is 0.261. The van der Waals surface area contributed by atoms with Crippen molar-refractivity contribution < 1.29 is 14.6 Å². The first-order valence-corrected chi connectivity index (χ1v) is 10.1. The number of aromatic hydroxyl groups is 1. The van der Waals surface area contributed by atoms with Crippen molar-refractivity contribution in [3.8, 4) is 11.5 Å². The van der Waals surface area contributed by atoms with Gasteiger partial charge in [-0.3, -0.25) is 4.79 Å². The molecule has 3 aromatic rings. The number of nitrogens with one attached hydrogen (secondary N) is 1. The van der Waals surface area contributed by atoms with Gasteiger partial charge in [0.25, 0.3) is 5.91 Å². The third-order valence-corrected chi connectivity index (χ3v) is 4.89. The number of benzene rings is 3. The highest BCUT2D eigenvalue weighted by atomic mass is 35.5. The summed E-state index contributed by atoms with van der Waals surface area (Å²) in [4.78, 5) is 12.8. The SMILES string of the molecule is NCCCCCCOc1cc(Cl)ccc1NC(=O)c1cc2ccccc2cc1O. The van der Waals surface area contributed by atoms with Crippen molar-refractivity contribution in [2.24, 2.45) is 5.73 Å². The molecule has 0 fully saturated rings. The number of phenolic OH excluding ortho intramolecular Hbond substituents is 1. The highest BCUT2D eigenvalue weighted by molar-refractivity contribution is 6.30. The van der Waals surface area contributed by atoms with Crippen molar-refractivity contribution in [3.63, 3.8) is 0 Å². The third-order valence-electron chi connectivity index (χ3n) is 4.66. The van der Waals surface area contributed by atoms with Crippen LogP contribution in [0.15, 0.2) is 54.6 Å². The number of phenols is 1. The Kier molecular flexibility index (Phi) is 7.33. The normalized spacial score (nSPS) is 10.8. The first-order valence-electron chi connectivity index (χ1n) is 9.74. The molecule has 4 N–H and O–H groups in total. The van der Waals surface area contributed by atoms with E-state index in [-0.39, 0.29) is 11.3 Å². The molecule has 3 aromatic carbocycles. The summed E-state index contributed by atoms with van der Waals surface area (Å²) in [6.07, 6.45) is 4.00. The van der Waals surface area contributed by atoms with Gasteiger partial charge in [-0.25, -0.2) is 0 Å². The van der Waals surface area contributed by atoms with Gasteiger partial charge < -0.3 is 20.9 Å². The van der Waals surface area contributed by atoms with Crippen LogP contribution in [0.2, 0.25) is 5.02 Å². The van der Waals surface area contributed by atoms with Crippen LogP contribution in [0.3, 0.4) is 0 Å². The second-order valence-corrected chi connectivity index (χ2v) is 7.30. The molecule has 0 aromatic heterocycles. The van der Waals surface area contributed by atoms with E-state index in [4.69, 9.17) is 22.1 Å². The van der Waals surface area contributed by atoms with E-state index in [2.05, 4.69) is 5.32 Å². The molecule has 0 radical (unpaired) electrons. The van der Waals surface area contributed by atoms with E-state index in [1.54, 1.807) is 30.3 Å². The van der Waals surface area contributed by atoms with Crippen molar-refractivity contribution >= 4 is 34.0 Å². The molecule has 6 heteroatoms. The minimum atomic E-state index is -0.414. The number of anilines is 1. The Bertz CT molecular complexity index is 991. The van der Waals surface area contributed by atoms with Gasteiger partial charge in [-0.15, -0.1) is 0 Å². The number of carbonyl (C=O) groups is 1. The molecule has 0 saturated heterocycles. The number of fused-ring (bicyclic) bond motifs is 1. The first-order chi connectivity index (χ1) is 14.1. The second-order valence-electron chi connectivity index (χ2n) is 6.86. The topological polar surface area (TPSA) is 84.6 Å². The summed E-state index contributed by atoms with van der Waals surface area (Å²) in [5.74, 6) is 0.0193. The molecule has 0 bridgehead atoms. The molecule has 0 heterocycles. The molecular formula is C23H25ClN2O3. The molecule has 0 saturated carbocycles. The molecule has 0 atom stereocenters. The van der Waals surface area contributed by atoms with Gasteiger partial charge in [0.05, 0.1) is 17.9 Å². The van der Waals surface area contributed by atoms with Gasteiger partial charge in [0.15, 0.2) is 0 Å². The van der Waals surface area contributed by atoms with Gasteiger partial charge in [-0.1, -0.05) is 48.7 Å². The average molecular weight is 413 g/mol. The van der Waals surface area contributed by atoms with Crippen LogP contribution in [-0.4, -0.2) is 24.2 Å². The zero-order chi connectivity index (χ0) is 20.6. The Balaban J connectivity index is 1.72. The highest BCUT2D eigenvalue weighted by Crippen LogP contribution is 2.31. The van der Waals surface area contributed by atoms with E-state index >= 15 is 0 Å². The van der Waals surface area contributed by atoms with Crippen LogP contribution >= 0.6 is 11.6 Å². The van der Waals surface area contributed by atoms with Gasteiger partial charge in [-0.05, 0) is 54.4 Å². The molecule has 0 spiro atoms. The Hall–Kier alpha value is -2.76. The fourth-order valence-corrected chi connectivity index (χ4v) is 3.26. The number of amides is 1. The fourth-order valence-electron chi connectivity index (χ4n) is 3.10.